The topological polar surface area (TPSA) is 79.2 Å². The Hall–Kier alpha value is -2.35. The Balaban J connectivity index is 1.89. The van der Waals surface area contributed by atoms with Gasteiger partial charge in [-0.1, -0.05) is 25.3 Å². The number of ether oxygens (including phenoxy) is 1. The van der Waals surface area contributed by atoms with Crippen LogP contribution in [0.3, 0.4) is 0 Å². The van der Waals surface area contributed by atoms with E-state index in [1.807, 2.05) is 6.07 Å². The minimum Gasteiger partial charge on any atom is -0.449 e. The molecule has 2 rings (SSSR count). The summed E-state index contributed by atoms with van der Waals surface area (Å²) in [6.45, 7) is 1.56. The van der Waals surface area contributed by atoms with Crippen LogP contribution in [0, 0.1) is 11.3 Å². The van der Waals surface area contributed by atoms with E-state index in [-0.39, 0.29) is 17.5 Å². The second-order valence-electron chi connectivity index (χ2n) is 5.58. The van der Waals surface area contributed by atoms with Crippen LogP contribution in [0.4, 0.5) is 0 Å². The summed E-state index contributed by atoms with van der Waals surface area (Å²) in [5, 5.41) is 11.8. The molecule has 1 unspecified atom stereocenters. The van der Waals surface area contributed by atoms with E-state index in [2.05, 4.69) is 5.32 Å². The van der Waals surface area contributed by atoms with Crippen molar-refractivity contribution in [1.82, 2.24) is 5.32 Å². The van der Waals surface area contributed by atoms with E-state index in [4.69, 9.17) is 10.00 Å². The van der Waals surface area contributed by atoms with Crippen LogP contribution in [0.15, 0.2) is 24.3 Å². The van der Waals surface area contributed by atoms with Crippen molar-refractivity contribution in [2.24, 2.45) is 0 Å². The van der Waals surface area contributed by atoms with Crippen LogP contribution in [0.2, 0.25) is 0 Å². The van der Waals surface area contributed by atoms with Crippen molar-refractivity contribution in [2.75, 3.05) is 0 Å². The van der Waals surface area contributed by atoms with E-state index in [1.165, 1.54) is 12.5 Å². The largest absolute Gasteiger partial charge is 0.449 e. The summed E-state index contributed by atoms with van der Waals surface area (Å²) in [7, 11) is 0. The van der Waals surface area contributed by atoms with Gasteiger partial charge in [0.05, 0.1) is 17.2 Å². The fourth-order valence-corrected chi connectivity index (χ4v) is 2.56. The molecule has 0 spiro atoms. The Labute approximate surface area is 130 Å². The van der Waals surface area contributed by atoms with Crippen molar-refractivity contribution in [2.45, 2.75) is 51.2 Å². The molecule has 1 saturated carbocycles. The number of hydrogen-bond donors (Lipinski definition) is 1. The van der Waals surface area contributed by atoms with Crippen LogP contribution < -0.4 is 5.32 Å². The first-order valence-corrected chi connectivity index (χ1v) is 7.61. The number of esters is 1. The maximum absolute atomic E-state index is 12.1. The molecule has 1 atom stereocenters. The van der Waals surface area contributed by atoms with Gasteiger partial charge in [0.2, 0.25) is 0 Å². The van der Waals surface area contributed by atoms with Crippen molar-refractivity contribution < 1.29 is 14.3 Å². The van der Waals surface area contributed by atoms with Gasteiger partial charge in [0.1, 0.15) is 0 Å². The predicted octanol–water partition coefficient (Wildman–Crippen LogP) is 2.55. The molecular formula is C17H20N2O3. The van der Waals surface area contributed by atoms with Gasteiger partial charge in [-0.2, -0.15) is 5.26 Å². The maximum atomic E-state index is 12.1. The van der Waals surface area contributed by atoms with Crippen molar-refractivity contribution >= 4 is 11.9 Å². The highest BCUT2D eigenvalue weighted by molar-refractivity contribution is 5.92. The molecular weight excluding hydrogens is 280 g/mol. The van der Waals surface area contributed by atoms with Crippen molar-refractivity contribution in [3.63, 3.8) is 0 Å². The lowest BCUT2D eigenvalue weighted by atomic mass is 9.95. The molecule has 0 bridgehead atoms. The Morgan fingerprint density at radius 2 is 2.05 bits per heavy atom. The number of rotatable bonds is 4. The van der Waals surface area contributed by atoms with E-state index >= 15 is 0 Å². The lowest BCUT2D eigenvalue weighted by Gasteiger charge is -2.24. The van der Waals surface area contributed by atoms with E-state index in [9.17, 15) is 9.59 Å². The van der Waals surface area contributed by atoms with Gasteiger partial charge in [-0.3, -0.25) is 4.79 Å². The highest BCUT2D eigenvalue weighted by Gasteiger charge is 2.22. The lowest BCUT2D eigenvalue weighted by Crippen LogP contribution is -2.42. The highest BCUT2D eigenvalue weighted by atomic mass is 16.5. The van der Waals surface area contributed by atoms with Gasteiger partial charge in [-0.15, -0.1) is 0 Å². The standard InChI is InChI=1S/C17H20N2O3/c1-12(16(20)19-15-8-3-2-4-9-15)22-17(21)14-7-5-6-13(10-14)11-18/h5-7,10,12,15H,2-4,8-9H2,1H3,(H,19,20). The molecule has 0 aromatic heterocycles. The normalized spacial score (nSPS) is 16.4. The Bertz CT molecular complexity index is 586. The predicted molar refractivity (Wildman–Crippen MR) is 81.1 cm³/mol. The molecule has 1 aliphatic carbocycles. The Kier molecular flexibility index (Phi) is 5.54. The molecule has 0 saturated heterocycles. The highest BCUT2D eigenvalue weighted by Crippen LogP contribution is 2.17. The third-order valence-electron chi connectivity index (χ3n) is 3.83. The molecule has 1 amide bonds. The Morgan fingerprint density at radius 3 is 2.73 bits per heavy atom. The van der Waals surface area contributed by atoms with E-state index in [0.717, 1.165) is 25.7 Å². The number of carbonyl (C=O) groups excluding carboxylic acids is 2. The van der Waals surface area contributed by atoms with Crippen LogP contribution in [-0.2, 0) is 9.53 Å². The molecule has 0 radical (unpaired) electrons. The monoisotopic (exact) mass is 300 g/mol. The summed E-state index contributed by atoms with van der Waals surface area (Å²) in [5.41, 5.74) is 0.658. The summed E-state index contributed by atoms with van der Waals surface area (Å²) in [4.78, 5) is 24.1. The summed E-state index contributed by atoms with van der Waals surface area (Å²) >= 11 is 0. The summed E-state index contributed by atoms with van der Waals surface area (Å²) in [6.07, 6.45) is 4.58. The van der Waals surface area contributed by atoms with Gasteiger partial charge in [-0.05, 0) is 38.0 Å². The lowest BCUT2D eigenvalue weighted by molar-refractivity contribution is -0.130. The van der Waals surface area contributed by atoms with E-state index in [0.29, 0.717) is 5.56 Å². The maximum Gasteiger partial charge on any atom is 0.338 e. The number of nitriles is 1. The molecule has 1 fully saturated rings. The first kappa shape index (κ1) is 16.0. The molecule has 1 aromatic carbocycles. The van der Waals surface area contributed by atoms with Gasteiger partial charge in [0, 0.05) is 6.04 Å². The number of nitrogens with one attached hydrogen (secondary N) is 1. The average Bonchev–Trinajstić information content (AvgIpc) is 2.55. The first-order chi connectivity index (χ1) is 10.6. The zero-order valence-corrected chi connectivity index (χ0v) is 12.7. The van der Waals surface area contributed by atoms with Crippen LogP contribution in [-0.4, -0.2) is 24.0 Å². The van der Waals surface area contributed by atoms with Gasteiger partial charge in [0.25, 0.3) is 5.91 Å². The van der Waals surface area contributed by atoms with Gasteiger partial charge >= 0.3 is 5.97 Å². The van der Waals surface area contributed by atoms with Crippen molar-refractivity contribution in [1.29, 1.82) is 5.26 Å². The molecule has 5 heteroatoms. The second-order valence-corrected chi connectivity index (χ2v) is 5.58. The third kappa shape index (κ3) is 4.32. The van der Waals surface area contributed by atoms with Crippen LogP contribution in [0.5, 0.6) is 0 Å². The minimum atomic E-state index is -0.847. The van der Waals surface area contributed by atoms with E-state index < -0.39 is 12.1 Å². The fraction of sp³-hybridized carbons (Fsp3) is 0.471. The molecule has 1 aliphatic rings. The summed E-state index contributed by atoms with van der Waals surface area (Å²) in [6, 6.07) is 8.39. The van der Waals surface area contributed by atoms with Crippen molar-refractivity contribution in [3.8, 4) is 6.07 Å². The molecule has 0 heterocycles. The molecule has 116 valence electrons. The van der Waals surface area contributed by atoms with Crippen LogP contribution >= 0.6 is 0 Å². The fourth-order valence-electron chi connectivity index (χ4n) is 2.56. The number of hydrogen-bond acceptors (Lipinski definition) is 4. The number of carbonyl (C=O) groups is 2. The quantitative estimate of drug-likeness (QED) is 0.867. The van der Waals surface area contributed by atoms with Gasteiger partial charge < -0.3 is 10.1 Å². The van der Waals surface area contributed by atoms with Gasteiger partial charge in [0.15, 0.2) is 6.10 Å². The Morgan fingerprint density at radius 1 is 1.32 bits per heavy atom. The average molecular weight is 300 g/mol. The van der Waals surface area contributed by atoms with Crippen molar-refractivity contribution in [3.05, 3.63) is 35.4 Å². The molecule has 22 heavy (non-hydrogen) atoms. The summed E-state index contributed by atoms with van der Waals surface area (Å²) < 4.78 is 5.18. The molecule has 5 nitrogen and oxygen atoms in total. The number of nitrogens with zero attached hydrogens (tertiary/aromatic N) is 1. The zero-order valence-electron chi connectivity index (χ0n) is 12.7. The van der Waals surface area contributed by atoms with Gasteiger partial charge in [-0.25, -0.2) is 4.79 Å². The van der Waals surface area contributed by atoms with Crippen LogP contribution in [0.25, 0.3) is 0 Å². The second kappa shape index (κ2) is 7.60. The summed E-state index contributed by atoms with van der Waals surface area (Å²) in [5.74, 6) is -0.861. The zero-order chi connectivity index (χ0) is 15.9. The minimum absolute atomic E-state index is 0.185. The first-order valence-electron chi connectivity index (χ1n) is 7.61. The number of benzene rings is 1. The molecule has 1 aromatic rings. The third-order valence-corrected chi connectivity index (χ3v) is 3.83. The molecule has 0 aliphatic heterocycles. The van der Waals surface area contributed by atoms with Crippen LogP contribution in [0.1, 0.15) is 54.9 Å². The molecule has 1 N–H and O–H groups in total. The number of amides is 1. The smallest absolute Gasteiger partial charge is 0.338 e. The SMILES string of the molecule is CC(OC(=O)c1cccc(C#N)c1)C(=O)NC1CCCCC1. The van der Waals surface area contributed by atoms with E-state index in [1.54, 1.807) is 25.1 Å².